The number of benzene rings is 1. The van der Waals surface area contributed by atoms with Crippen LogP contribution in [-0.4, -0.2) is 27.2 Å². The van der Waals surface area contributed by atoms with Crippen molar-refractivity contribution in [2.75, 3.05) is 11.9 Å². The number of rotatable bonds is 3. The summed E-state index contributed by atoms with van der Waals surface area (Å²) in [5, 5.41) is 15.5. The molecule has 0 bridgehead atoms. The van der Waals surface area contributed by atoms with Crippen molar-refractivity contribution in [3.8, 4) is 11.8 Å². The first-order valence-electron chi connectivity index (χ1n) is 6.48. The lowest BCUT2D eigenvalue weighted by atomic mass is 10.1. The molecule has 0 radical (unpaired) electrons. The van der Waals surface area contributed by atoms with Gasteiger partial charge < -0.3 is 10.4 Å². The molecule has 108 valence electrons. The molecule has 0 saturated heterocycles. The Balaban J connectivity index is 2.24. The first-order valence-corrected chi connectivity index (χ1v) is 7.26. The lowest BCUT2D eigenvalue weighted by Gasteiger charge is -2.08. The van der Waals surface area contributed by atoms with Crippen LogP contribution >= 0.6 is 11.5 Å². The maximum atomic E-state index is 12.3. The number of aryl methyl sites for hydroxylation is 2. The quantitative estimate of drug-likeness (QED) is 0.850. The number of nitrogens with zero attached hydrogens (tertiary/aromatic N) is 2. The van der Waals surface area contributed by atoms with E-state index >= 15 is 0 Å². The van der Waals surface area contributed by atoms with Crippen LogP contribution in [0.5, 0.6) is 0 Å². The molecular weight excluding hydrogens is 286 g/mol. The van der Waals surface area contributed by atoms with Crippen molar-refractivity contribution in [1.82, 2.24) is 9.59 Å². The van der Waals surface area contributed by atoms with Gasteiger partial charge in [-0.25, -0.2) is 0 Å². The fourth-order valence-corrected chi connectivity index (χ4v) is 2.41. The molecule has 2 N–H and O–H groups in total. The van der Waals surface area contributed by atoms with Crippen molar-refractivity contribution in [3.63, 3.8) is 0 Å². The van der Waals surface area contributed by atoms with Crippen molar-refractivity contribution < 1.29 is 9.90 Å². The third-order valence-corrected chi connectivity index (χ3v) is 3.66. The number of anilines is 1. The van der Waals surface area contributed by atoms with Crippen LogP contribution in [0, 0.1) is 18.8 Å². The number of nitrogens with one attached hydrogen (secondary N) is 1. The third kappa shape index (κ3) is 3.66. The van der Waals surface area contributed by atoms with Crippen molar-refractivity contribution >= 4 is 23.1 Å². The SMILES string of the molecule is CCc1nnsc1C(=O)Nc1cc(C#CCO)ccc1C. The standard InChI is InChI=1S/C15H15N3O2S/c1-3-12-14(21-18-17-12)15(20)16-13-9-11(5-4-8-19)7-6-10(13)2/h6-7,9,19H,3,8H2,1-2H3,(H,16,20). The van der Waals surface area contributed by atoms with Crippen LogP contribution in [0.15, 0.2) is 18.2 Å². The highest BCUT2D eigenvalue weighted by Crippen LogP contribution is 2.19. The second-order valence-electron chi connectivity index (χ2n) is 4.35. The molecule has 0 unspecified atom stereocenters. The van der Waals surface area contributed by atoms with Crippen molar-refractivity contribution in [2.24, 2.45) is 0 Å². The van der Waals surface area contributed by atoms with Crippen molar-refractivity contribution in [3.05, 3.63) is 39.9 Å². The number of aliphatic hydroxyl groups is 1. The average molecular weight is 301 g/mol. The molecule has 1 aromatic heterocycles. The van der Waals surface area contributed by atoms with Gasteiger partial charge in [0.25, 0.3) is 5.91 Å². The number of hydrogen-bond acceptors (Lipinski definition) is 5. The summed E-state index contributed by atoms with van der Waals surface area (Å²) in [4.78, 5) is 12.8. The summed E-state index contributed by atoms with van der Waals surface area (Å²) in [5.74, 6) is 5.19. The lowest BCUT2D eigenvalue weighted by molar-refractivity contribution is 0.102. The van der Waals surface area contributed by atoms with Gasteiger partial charge in [0.1, 0.15) is 11.5 Å². The predicted octanol–water partition coefficient (Wildman–Crippen LogP) is 2.01. The number of carbonyl (C=O) groups excluding carboxylic acids is 1. The van der Waals surface area contributed by atoms with Gasteiger partial charge in [0, 0.05) is 11.3 Å². The van der Waals surface area contributed by atoms with Crippen LogP contribution in [0.3, 0.4) is 0 Å². The van der Waals surface area contributed by atoms with E-state index in [0.29, 0.717) is 22.7 Å². The monoisotopic (exact) mass is 301 g/mol. The normalized spacial score (nSPS) is 9.86. The van der Waals surface area contributed by atoms with E-state index in [1.54, 1.807) is 6.07 Å². The molecule has 0 spiro atoms. The first kappa shape index (κ1) is 15.2. The van der Waals surface area contributed by atoms with Crippen molar-refractivity contribution in [2.45, 2.75) is 20.3 Å². The molecule has 2 aromatic rings. The maximum absolute atomic E-state index is 12.3. The fourth-order valence-electron chi connectivity index (χ4n) is 1.77. The van der Waals surface area contributed by atoms with Crippen LogP contribution in [0.2, 0.25) is 0 Å². The Morgan fingerprint density at radius 1 is 1.48 bits per heavy atom. The molecule has 0 saturated carbocycles. The van der Waals surface area contributed by atoms with Gasteiger partial charge in [-0.2, -0.15) is 0 Å². The van der Waals surface area contributed by atoms with E-state index in [9.17, 15) is 4.79 Å². The molecule has 0 atom stereocenters. The van der Waals surface area contributed by atoms with Gasteiger partial charge in [-0.1, -0.05) is 29.3 Å². The van der Waals surface area contributed by atoms with Crippen LogP contribution in [0.4, 0.5) is 5.69 Å². The van der Waals surface area contributed by atoms with E-state index < -0.39 is 0 Å². The second-order valence-corrected chi connectivity index (χ2v) is 5.10. The fraction of sp³-hybridized carbons (Fsp3) is 0.267. The Morgan fingerprint density at radius 2 is 2.29 bits per heavy atom. The summed E-state index contributed by atoms with van der Waals surface area (Å²) >= 11 is 1.09. The van der Waals surface area contributed by atoms with Crippen molar-refractivity contribution in [1.29, 1.82) is 0 Å². The molecule has 0 aliphatic carbocycles. The van der Waals surface area contributed by atoms with Gasteiger partial charge in [0.2, 0.25) is 0 Å². The highest BCUT2D eigenvalue weighted by molar-refractivity contribution is 7.08. The van der Waals surface area contributed by atoms with E-state index in [4.69, 9.17) is 5.11 Å². The predicted molar refractivity (Wildman–Crippen MR) is 82.4 cm³/mol. The maximum Gasteiger partial charge on any atom is 0.269 e. The van der Waals surface area contributed by atoms with Crippen LogP contribution in [0.1, 0.15) is 33.4 Å². The Kier molecular flexibility index (Phi) is 5.04. The summed E-state index contributed by atoms with van der Waals surface area (Å²) in [5.41, 5.74) is 3.07. The summed E-state index contributed by atoms with van der Waals surface area (Å²) < 4.78 is 3.82. The van der Waals surface area contributed by atoms with Gasteiger partial charge in [-0.15, -0.1) is 5.10 Å². The summed E-state index contributed by atoms with van der Waals surface area (Å²) in [7, 11) is 0. The largest absolute Gasteiger partial charge is 0.384 e. The molecule has 6 heteroatoms. The Labute approximate surface area is 127 Å². The Morgan fingerprint density at radius 3 is 3.00 bits per heavy atom. The second kappa shape index (κ2) is 6.97. The minimum absolute atomic E-state index is 0.192. The van der Waals surface area contributed by atoms with Crippen LogP contribution in [-0.2, 0) is 6.42 Å². The van der Waals surface area contributed by atoms with Gasteiger partial charge in [0.15, 0.2) is 0 Å². The van der Waals surface area contributed by atoms with E-state index in [1.165, 1.54) is 0 Å². The molecule has 2 rings (SSSR count). The number of carbonyl (C=O) groups is 1. The molecular formula is C15H15N3O2S. The number of hydrogen-bond donors (Lipinski definition) is 2. The molecule has 0 aliphatic rings. The molecule has 1 amide bonds. The molecule has 21 heavy (non-hydrogen) atoms. The summed E-state index contributed by atoms with van der Waals surface area (Å²) in [6, 6.07) is 5.51. The molecule has 1 aromatic carbocycles. The zero-order chi connectivity index (χ0) is 15.2. The van der Waals surface area contributed by atoms with E-state index in [1.807, 2.05) is 26.0 Å². The van der Waals surface area contributed by atoms with Crippen LogP contribution in [0.25, 0.3) is 0 Å². The highest BCUT2D eigenvalue weighted by atomic mass is 32.1. The van der Waals surface area contributed by atoms with E-state index in [-0.39, 0.29) is 12.5 Å². The van der Waals surface area contributed by atoms with E-state index in [0.717, 1.165) is 22.7 Å². The minimum Gasteiger partial charge on any atom is -0.384 e. The van der Waals surface area contributed by atoms with Gasteiger partial charge in [-0.05, 0) is 42.6 Å². The zero-order valence-electron chi connectivity index (χ0n) is 11.8. The van der Waals surface area contributed by atoms with E-state index in [2.05, 4.69) is 26.7 Å². The molecule has 5 nitrogen and oxygen atoms in total. The number of amides is 1. The topological polar surface area (TPSA) is 75.1 Å². The number of aliphatic hydroxyl groups excluding tert-OH is 1. The Bertz CT molecular complexity index is 713. The Hall–Kier alpha value is -2.23. The van der Waals surface area contributed by atoms with Gasteiger partial charge >= 0.3 is 0 Å². The minimum atomic E-state index is -0.211. The van der Waals surface area contributed by atoms with Gasteiger partial charge in [0.05, 0.1) is 5.69 Å². The first-order chi connectivity index (χ1) is 10.2. The zero-order valence-corrected chi connectivity index (χ0v) is 12.6. The third-order valence-electron chi connectivity index (χ3n) is 2.89. The average Bonchev–Trinajstić information content (AvgIpc) is 2.96. The molecule has 0 aliphatic heterocycles. The molecule has 0 fully saturated rings. The lowest BCUT2D eigenvalue weighted by Crippen LogP contribution is -2.13. The van der Waals surface area contributed by atoms with Crippen LogP contribution < -0.4 is 5.32 Å². The number of aromatic nitrogens is 2. The van der Waals surface area contributed by atoms with Gasteiger partial charge in [-0.3, -0.25) is 4.79 Å². The smallest absolute Gasteiger partial charge is 0.269 e. The molecule has 1 heterocycles. The summed E-state index contributed by atoms with van der Waals surface area (Å²) in [6.45, 7) is 3.65. The highest BCUT2D eigenvalue weighted by Gasteiger charge is 2.15. The summed E-state index contributed by atoms with van der Waals surface area (Å²) in [6.07, 6.45) is 0.667.